The number of carbonyl (C=O) groups is 2. The van der Waals surface area contributed by atoms with Crippen LogP contribution in [0.4, 0.5) is 5.69 Å². The third kappa shape index (κ3) is 4.43. The van der Waals surface area contributed by atoms with Gasteiger partial charge in [-0.05, 0) is 43.2 Å². The van der Waals surface area contributed by atoms with Crippen molar-refractivity contribution in [2.45, 2.75) is 19.0 Å². The molecular formula is C19H20N4O2S. The molecule has 7 heteroatoms. The summed E-state index contributed by atoms with van der Waals surface area (Å²) in [6.07, 6.45) is 0. The van der Waals surface area contributed by atoms with Crippen LogP contribution >= 0.6 is 11.8 Å². The van der Waals surface area contributed by atoms with Gasteiger partial charge in [-0.3, -0.25) is 9.59 Å². The number of anilines is 1. The monoisotopic (exact) mass is 368 g/mol. The van der Waals surface area contributed by atoms with Crippen LogP contribution in [0, 0.1) is 13.8 Å². The summed E-state index contributed by atoms with van der Waals surface area (Å²) >= 11 is 1.30. The highest BCUT2D eigenvalue weighted by atomic mass is 32.2. The van der Waals surface area contributed by atoms with Crippen molar-refractivity contribution < 1.29 is 9.59 Å². The highest BCUT2D eigenvalue weighted by Crippen LogP contribution is 2.19. The zero-order chi connectivity index (χ0) is 18.5. The van der Waals surface area contributed by atoms with Crippen LogP contribution in [0.3, 0.4) is 0 Å². The van der Waals surface area contributed by atoms with Crippen molar-refractivity contribution >= 4 is 40.3 Å². The minimum absolute atomic E-state index is 0.0626. The molecule has 0 radical (unpaired) electrons. The number of rotatable bonds is 6. The molecule has 1 heterocycles. The average molecular weight is 368 g/mol. The molecule has 0 unspecified atom stereocenters. The summed E-state index contributed by atoms with van der Waals surface area (Å²) in [7, 11) is 0. The zero-order valence-electron chi connectivity index (χ0n) is 14.6. The van der Waals surface area contributed by atoms with E-state index in [0.717, 1.165) is 27.8 Å². The predicted molar refractivity (Wildman–Crippen MR) is 104 cm³/mol. The van der Waals surface area contributed by atoms with Gasteiger partial charge in [-0.15, -0.1) is 0 Å². The number of hydrogen-bond acceptors (Lipinski definition) is 4. The number of aromatic amines is 1. The van der Waals surface area contributed by atoms with Gasteiger partial charge in [0, 0.05) is 5.69 Å². The van der Waals surface area contributed by atoms with E-state index in [1.54, 1.807) is 0 Å². The molecule has 2 amide bonds. The van der Waals surface area contributed by atoms with Gasteiger partial charge < -0.3 is 15.6 Å². The van der Waals surface area contributed by atoms with Gasteiger partial charge >= 0.3 is 0 Å². The second kappa shape index (κ2) is 8.05. The summed E-state index contributed by atoms with van der Waals surface area (Å²) in [6, 6.07) is 13.4. The van der Waals surface area contributed by atoms with Crippen LogP contribution in [0.5, 0.6) is 0 Å². The maximum atomic E-state index is 12.0. The Morgan fingerprint density at radius 2 is 1.88 bits per heavy atom. The van der Waals surface area contributed by atoms with Crippen LogP contribution in [-0.2, 0) is 9.59 Å². The Labute approximate surface area is 155 Å². The maximum Gasteiger partial charge on any atom is 0.243 e. The molecule has 3 aromatic rings. The van der Waals surface area contributed by atoms with Crippen molar-refractivity contribution in [3.63, 3.8) is 0 Å². The van der Waals surface area contributed by atoms with E-state index in [9.17, 15) is 9.59 Å². The Kier molecular flexibility index (Phi) is 5.58. The molecule has 2 aromatic carbocycles. The second-order valence-corrected chi connectivity index (χ2v) is 6.88. The summed E-state index contributed by atoms with van der Waals surface area (Å²) < 4.78 is 0. The van der Waals surface area contributed by atoms with Gasteiger partial charge in [0.2, 0.25) is 11.8 Å². The molecule has 3 N–H and O–H groups in total. The lowest BCUT2D eigenvalue weighted by Gasteiger charge is -2.10. The normalized spacial score (nSPS) is 10.7. The predicted octanol–water partition coefficient (Wildman–Crippen LogP) is 3.03. The van der Waals surface area contributed by atoms with Gasteiger partial charge in [-0.25, -0.2) is 4.98 Å². The number of hydrogen-bond donors (Lipinski definition) is 3. The maximum absolute atomic E-state index is 12.0. The lowest BCUT2D eigenvalue weighted by atomic mass is 10.1. The third-order valence-corrected chi connectivity index (χ3v) is 4.91. The molecule has 0 saturated carbocycles. The Morgan fingerprint density at radius 1 is 1.08 bits per heavy atom. The summed E-state index contributed by atoms with van der Waals surface area (Å²) in [6.45, 7) is 3.88. The SMILES string of the molecule is Cc1cccc(NC(=O)CNC(=O)CSc2nc3ccccc3[nH]2)c1C. The average Bonchev–Trinajstić information content (AvgIpc) is 3.05. The van der Waals surface area contributed by atoms with Crippen molar-refractivity contribution in [1.29, 1.82) is 0 Å². The van der Waals surface area contributed by atoms with Crippen LogP contribution < -0.4 is 10.6 Å². The molecule has 0 atom stereocenters. The van der Waals surface area contributed by atoms with Crippen molar-refractivity contribution in [2.75, 3.05) is 17.6 Å². The smallest absolute Gasteiger partial charge is 0.243 e. The number of imidazole rings is 1. The fourth-order valence-electron chi connectivity index (χ4n) is 2.44. The third-order valence-electron chi connectivity index (χ3n) is 4.03. The molecule has 1 aromatic heterocycles. The van der Waals surface area contributed by atoms with Crippen molar-refractivity contribution in [3.8, 4) is 0 Å². The molecule has 0 aliphatic rings. The van der Waals surface area contributed by atoms with E-state index in [1.807, 2.05) is 56.3 Å². The first-order valence-electron chi connectivity index (χ1n) is 8.23. The van der Waals surface area contributed by atoms with Crippen molar-refractivity contribution in [3.05, 3.63) is 53.6 Å². The topological polar surface area (TPSA) is 86.9 Å². The number of carbonyl (C=O) groups excluding carboxylic acids is 2. The highest BCUT2D eigenvalue weighted by molar-refractivity contribution is 7.99. The molecule has 0 aliphatic heterocycles. The fraction of sp³-hybridized carbons (Fsp3) is 0.211. The first kappa shape index (κ1) is 18.0. The van der Waals surface area contributed by atoms with E-state index in [-0.39, 0.29) is 24.1 Å². The van der Waals surface area contributed by atoms with Crippen molar-refractivity contribution in [2.24, 2.45) is 0 Å². The Balaban J connectivity index is 1.46. The van der Waals surface area contributed by atoms with E-state index in [4.69, 9.17) is 0 Å². The first-order valence-corrected chi connectivity index (χ1v) is 9.22. The minimum Gasteiger partial charge on any atom is -0.346 e. The molecule has 26 heavy (non-hydrogen) atoms. The van der Waals surface area contributed by atoms with E-state index in [2.05, 4.69) is 20.6 Å². The number of nitrogens with one attached hydrogen (secondary N) is 3. The van der Waals surface area contributed by atoms with Crippen LogP contribution in [0.15, 0.2) is 47.6 Å². The molecule has 0 aliphatic carbocycles. The number of benzene rings is 2. The van der Waals surface area contributed by atoms with Crippen LogP contribution in [0.25, 0.3) is 11.0 Å². The van der Waals surface area contributed by atoms with E-state index in [1.165, 1.54) is 11.8 Å². The van der Waals surface area contributed by atoms with Gasteiger partial charge in [0.25, 0.3) is 0 Å². The molecule has 0 saturated heterocycles. The molecule has 0 fully saturated rings. The summed E-state index contributed by atoms with van der Waals surface area (Å²) in [5.74, 6) is -0.274. The highest BCUT2D eigenvalue weighted by Gasteiger charge is 2.10. The summed E-state index contributed by atoms with van der Waals surface area (Å²) in [5, 5.41) is 6.13. The number of thioether (sulfide) groups is 1. The molecule has 0 bridgehead atoms. The van der Waals surface area contributed by atoms with Gasteiger partial charge in [0.05, 0.1) is 23.3 Å². The molecule has 6 nitrogen and oxygen atoms in total. The molecule has 3 rings (SSSR count). The summed E-state index contributed by atoms with van der Waals surface area (Å²) in [4.78, 5) is 31.5. The number of aryl methyl sites for hydroxylation is 1. The minimum atomic E-state index is -0.249. The second-order valence-electron chi connectivity index (χ2n) is 5.92. The number of amides is 2. The molecular weight excluding hydrogens is 348 g/mol. The van der Waals surface area contributed by atoms with Crippen LogP contribution in [0.1, 0.15) is 11.1 Å². The van der Waals surface area contributed by atoms with Gasteiger partial charge in [0.15, 0.2) is 5.16 Å². The molecule has 0 spiro atoms. The van der Waals surface area contributed by atoms with Crippen LogP contribution in [0.2, 0.25) is 0 Å². The van der Waals surface area contributed by atoms with Crippen molar-refractivity contribution in [1.82, 2.24) is 15.3 Å². The quantitative estimate of drug-likeness (QED) is 0.584. The zero-order valence-corrected chi connectivity index (χ0v) is 15.4. The number of para-hydroxylation sites is 2. The standard InChI is InChI=1S/C19H20N4O2S/c1-12-6-5-9-14(13(12)2)21-17(24)10-20-18(25)11-26-19-22-15-7-3-4-8-16(15)23-19/h3-9H,10-11H2,1-2H3,(H,20,25)(H,21,24)(H,22,23). The van der Waals surface area contributed by atoms with E-state index < -0.39 is 0 Å². The number of nitrogens with zero attached hydrogens (tertiary/aromatic N) is 1. The van der Waals surface area contributed by atoms with E-state index >= 15 is 0 Å². The lowest BCUT2D eigenvalue weighted by Crippen LogP contribution is -2.34. The lowest BCUT2D eigenvalue weighted by molar-refractivity contribution is -0.122. The fourth-order valence-corrected chi connectivity index (χ4v) is 3.16. The largest absolute Gasteiger partial charge is 0.346 e. The number of fused-ring (bicyclic) bond motifs is 1. The Morgan fingerprint density at radius 3 is 2.69 bits per heavy atom. The Bertz CT molecular complexity index is 919. The number of H-pyrrole nitrogens is 1. The van der Waals surface area contributed by atoms with E-state index in [0.29, 0.717) is 5.16 Å². The number of aromatic nitrogens is 2. The van der Waals surface area contributed by atoms with Crippen LogP contribution in [-0.4, -0.2) is 34.1 Å². The van der Waals surface area contributed by atoms with Gasteiger partial charge in [0.1, 0.15) is 0 Å². The van der Waals surface area contributed by atoms with Gasteiger partial charge in [-0.2, -0.15) is 0 Å². The Hall–Kier alpha value is -2.80. The first-order chi connectivity index (χ1) is 12.5. The summed E-state index contributed by atoms with van der Waals surface area (Å²) in [5.41, 5.74) is 4.69. The molecule has 134 valence electrons. The van der Waals surface area contributed by atoms with Gasteiger partial charge in [-0.1, -0.05) is 36.0 Å².